The summed E-state index contributed by atoms with van der Waals surface area (Å²) in [6.45, 7) is 1.52. The van der Waals surface area contributed by atoms with E-state index in [0.717, 1.165) is 32.4 Å². The molecule has 1 aliphatic rings. The van der Waals surface area contributed by atoms with E-state index in [1.165, 1.54) is 6.07 Å². The molecule has 184 valence electrons. The van der Waals surface area contributed by atoms with E-state index < -0.39 is 10.8 Å². The number of rotatable bonds is 6. The van der Waals surface area contributed by atoms with Crippen LogP contribution in [0.2, 0.25) is 0 Å². The minimum absolute atomic E-state index is 0.0452. The van der Waals surface area contributed by atoms with Crippen molar-refractivity contribution >= 4 is 51.9 Å². The zero-order valence-electron chi connectivity index (χ0n) is 19.4. The average Bonchev–Trinajstić information content (AvgIpc) is 2.90. The second-order valence-electron chi connectivity index (χ2n) is 8.31. The van der Waals surface area contributed by atoms with Crippen molar-refractivity contribution in [3.8, 4) is 0 Å². The third kappa shape index (κ3) is 6.22. The molecule has 0 spiro atoms. The van der Waals surface area contributed by atoms with Crippen LogP contribution in [-0.4, -0.2) is 34.9 Å². The van der Waals surface area contributed by atoms with Crippen LogP contribution in [0.3, 0.4) is 0 Å². The maximum Gasteiger partial charge on any atom is 0.293 e. The van der Waals surface area contributed by atoms with Crippen LogP contribution in [0.25, 0.3) is 0 Å². The van der Waals surface area contributed by atoms with Gasteiger partial charge in [-0.1, -0.05) is 18.2 Å². The molecule has 1 fully saturated rings. The van der Waals surface area contributed by atoms with Crippen molar-refractivity contribution in [2.75, 3.05) is 28.6 Å². The Labute approximate surface area is 213 Å². The van der Waals surface area contributed by atoms with Gasteiger partial charge < -0.3 is 15.5 Å². The molecule has 0 atom stereocenters. The number of nitrogens with one attached hydrogen (secondary N) is 3. The van der Waals surface area contributed by atoms with E-state index in [1.807, 2.05) is 11.0 Å². The lowest BCUT2D eigenvalue weighted by atomic mass is 10.1. The Morgan fingerprint density at radius 2 is 1.44 bits per heavy atom. The van der Waals surface area contributed by atoms with Gasteiger partial charge in [-0.25, -0.2) is 0 Å². The Balaban J connectivity index is 1.36. The quantitative estimate of drug-likeness (QED) is 0.247. The molecule has 0 aromatic heterocycles. The Morgan fingerprint density at radius 1 is 0.806 bits per heavy atom. The van der Waals surface area contributed by atoms with Gasteiger partial charge in [-0.2, -0.15) is 0 Å². The van der Waals surface area contributed by atoms with E-state index in [4.69, 9.17) is 12.2 Å². The third-order valence-electron chi connectivity index (χ3n) is 5.79. The monoisotopic (exact) mass is 503 g/mol. The Bertz CT molecular complexity index is 1280. The molecular formula is C26H25N5O4S. The first kappa shape index (κ1) is 24.8. The fraction of sp³-hybridized carbons (Fsp3) is 0.192. The first-order valence-electron chi connectivity index (χ1n) is 11.5. The van der Waals surface area contributed by atoms with E-state index in [2.05, 4.69) is 16.0 Å². The highest BCUT2D eigenvalue weighted by atomic mass is 32.1. The molecule has 2 amide bonds. The molecule has 9 nitrogen and oxygen atoms in total. The first-order chi connectivity index (χ1) is 17.4. The van der Waals surface area contributed by atoms with Crippen LogP contribution >= 0.6 is 12.2 Å². The van der Waals surface area contributed by atoms with Gasteiger partial charge in [0.15, 0.2) is 5.11 Å². The molecule has 0 saturated carbocycles. The summed E-state index contributed by atoms with van der Waals surface area (Å²) in [5.74, 6) is -0.771. The maximum absolute atomic E-state index is 12.7. The summed E-state index contributed by atoms with van der Waals surface area (Å²) >= 11 is 5.24. The normalized spacial score (nSPS) is 12.9. The molecule has 0 bridgehead atoms. The highest BCUT2D eigenvalue weighted by Crippen LogP contribution is 2.31. The molecule has 4 rings (SSSR count). The number of piperidine rings is 1. The van der Waals surface area contributed by atoms with Crippen LogP contribution in [0.15, 0.2) is 72.8 Å². The number of nitro benzene ring substituents is 1. The summed E-state index contributed by atoms with van der Waals surface area (Å²) in [4.78, 5) is 38.2. The highest BCUT2D eigenvalue weighted by Gasteiger charge is 2.23. The van der Waals surface area contributed by atoms with Crippen LogP contribution < -0.4 is 20.9 Å². The van der Waals surface area contributed by atoms with Crippen molar-refractivity contribution < 1.29 is 14.5 Å². The molecular weight excluding hydrogens is 478 g/mol. The van der Waals surface area contributed by atoms with Crippen LogP contribution in [0.5, 0.6) is 0 Å². The first-order valence-corrected chi connectivity index (χ1v) is 11.9. The Kier molecular flexibility index (Phi) is 7.86. The van der Waals surface area contributed by atoms with Gasteiger partial charge in [-0.05, 0) is 80.0 Å². The van der Waals surface area contributed by atoms with E-state index in [1.54, 1.807) is 60.7 Å². The smallest absolute Gasteiger partial charge is 0.293 e. The van der Waals surface area contributed by atoms with Crippen molar-refractivity contribution in [3.05, 3.63) is 94.0 Å². The van der Waals surface area contributed by atoms with Gasteiger partial charge >= 0.3 is 0 Å². The Hall–Kier alpha value is -4.31. The number of amides is 2. The number of anilines is 3. The summed E-state index contributed by atoms with van der Waals surface area (Å²) < 4.78 is 0. The van der Waals surface area contributed by atoms with Gasteiger partial charge in [0, 0.05) is 41.7 Å². The number of thiocarbonyl (C=S) groups is 1. The van der Waals surface area contributed by atoms with Gasteiger partial charge in [0.1, 0.15) is 5.69 Å². The second-order valence-corrected chi connectivity index (χ2v) is 8.72. The molecule has 0 unspecified atom stereocenters. The number of nitrogens with zero attached hydrogens (tertiary/aromatic N) is 2. The maximum atomic E-state index is 12.7. The fourth-order valence-electron chi connectivity index (χ4n) is 3.98. The molecule has 1 saturated heterocycles. The summed E-state index contributed by atoms with van der Waals surface area (Å²) in [7, 11) is 0. The van der Waals surface area contributed by atoms with Crippen LogP contribution in [0.1, 0.15) is 40.0 Å². The van der Waals surface area contributed by atoms with Crippen molar-refractivity contribution in [1.29, 1.82) is 0 Å². The van der Waals surface area contributed by atoms with E-state index in [0.29, 0.717) is 22.6 Å². The van der Waals surface area contributed by atoms with Crippen LogP contribution in [0.4, 0.5) is 22.7 Å². The number of carbonyl (C=O) groups is 2. The largest absolute Gasteiger partial charge is 0.366 e. The van der Waals surface area contributed by atoms with Gasteiger partial charge in [-0.3, -0.25) is 25.0 Å². The highest BCUT2D eigenvalue weighted by molar-refractivity contribution is 7.80. The van der Waals surface area contributed by atoms with E-state index >= 15 is 0 Å². The molecule has 3 aromatic rings. The lowest BCUT2D eigenvalue weighted by Gasteiger charge is -2.28. The zero-order chi connectivity index (χ0) is 25.5. The Morgan fingerprint density at radius 3 is 2.08 bits per heavy atom. The number of hydrogen-bond donors (Lipinski definition) is 3. The summed E-state index contributed by atoms with van der Waals surface area (Å²) in [5, 5.41) is 20.0. The van der Waals surface area contributed by atoms with Gasteiger partial charge in [0.25, 0.3) is 17.5 Å². The minimum Gasteiger partial charge on any atom is -0.366 e. The minimum atomic E-state index is -0.549. The van der Waals surface area contributed by atoms with Crippen molar-refractivity contribution in [3.63, 3.8) is 0 Å². The second kappa shape index (κ2) is 11.4. The summed E-state index contributed by atoms with van der Waals surface area (Å²) in [6.07, 6.45) is 3.08. The summed E-state index contributed by atoms with van der Waals surface area (Å²) in [6, 6.07) is 20.2. The fourth-order valence-corrected chi connectivity index (χ4v) is 4.19. The molecule has 1 aliphatic heterocycles. The van der Waals surface area contributed by atoms with Crippen molar-refractivity contribution in [1.82, 2.24) is 5.32 Å². The van der Waals surface area contributed by atoms with Crippen molar-refractivity contribution in [2.24, 2.45) is 0 Å². The topological polar surface area (TPSA) is 117 Å². The molecule has 1 heterocycles. The molecule has 0 radical (unpaired) electrons. The van der Waals surface area contributed by atoms with Gasteiger partial charge in [0.05, 0.1) is 4.92 Å². The molecule has 10 heteroatoms. The van der Waals surface area contributed by atoms with E-state index in [9.17, 15) is 19.7 Å². The number of nitro groups is 1. The predicted octanol–water partition coefficient (Wildman–Crippen LogP) is 4.96. The predicted molar refractivity (Wildman–Crippen MR) is 144 cm³/mol. The van der Waals surface area contributed by atoms with E-state index in [-0.39, 0.29) is 22.3 Å². The third-order valence-corrected chi connectivity index (χ3v) is 6.00. The standard InChI is InChI=1S/C26H25N5O4S/c32-24(18-7-3-1-4-8-18)27-20-10-12-21(13-11-20)28-26(36)29-25(33)19-9-14-22(23(17-19)31(34)35)30-15-5-2-6-16-30/h1,3-4,7-14,17H,2,5-6,15-16H2,(H,27,32)(H2,28,29,33,36). The number of carbonyl (C=O) groups excluding carboxylic acids is 2. The molecule has 3 N–H and O–H groups in total. The zero-order valence-corrected chi connectivity index (χ0v) is 20.2. The van der Waals surface area contributed by atoms with Crippen molar-refractivity contribution in [2.45, 2.75) is 19.3 Å². The summed E-state index contributed by atoms with van der Waals surface area (Å²) in [5.41, 5.74) is 2.32. The molecule has 36 heavy (non-hydrogen) atoms. The SMILES string of the molecule is O=C(NC(=S)Nc1ccc(NC(=O)c2ccccc2)cc1)c1ccc(N2CCCCC2)c([N+](=O)[O-])c1. The number of hydrogen-bond acceptors (Lipinski definition) is 6. The van der Waals surface area contributed by atoms with Crippen LogP contribution in [0, 0.1) is 10.1 Å². The lowest BCUT2D eigenvalue weighted by molar-refractivity contribution is -0.384. The van der Waals surface area contributed by atoms with Gasteiger partial charge in [0.2, 0.25) is 0 Å². The van der Waals surface area contributed by atoms with Gasteiger partial charge in [-0.15, -0.1) is 0 Å². The lowest BCUT2D eigenvalue weighted by Crippen LogP contribution is -2.34. The number of benzene rings is 3. The van der Waals surface area contributed by atoms with Crippen LogP contribution in [-0.2, 0) is 0 Å². The molecule has 3 aromatic carbocycles. The average molecular weight is 504 g/mol. The molecule has 0 aliphatic carbocycles.